The van der Waals surface area contributed by atoms with Crippen molar-refractivity contribution in [3.05, 3.63) is 23.7 Å². The molecule has 0 spiro atoms. The van der Waals surface area contributed by atoms with E-state index in [9.17, 15) is 22.0 Å². The fourth-order valence-electron chi connectivity index (χ4n) is 5.42. The summed E-state index contributed by atoms with van der Waals surface area (Å²) in [5.74, 6) is -0.911. The Kier molecular flexibility index (Phi) is 7.66. The molecule has 0 heterocycles. The van der Waals surface area contributed by atoms with Gasteiger partial charge >= 0.3 is 6.11 Å². The molecule has 2 fully saturated rings. The minimum Gasteiger partial charge on any atom is -0.433 e. The second-order valence-electron chi connectivity index (χ2n) is 9.16. The lowest BCUT2D eigenvalue weighted by molar-refractivity contribution is -0.254. The quantitative estimate of drug-likeness (QED) is 0.398. The largest absolute Gasteiger partial charge is 0.433 e. The molecule has 2 saturated carbocycles. The maximum atomic E-state index is 14.7. The van der Waals surface area contributed by atoms with Crippen molar-refractivity contribution >= 4 is 0 Å². The van der Waals surface area contributed by atoms with Gasteiger partial charge in [0.15, 0.2) is 6.17 Å². The normalized spacial score (nSPS) is 36.8. The molecule has 2 atom stereocenters. The third-order valence-corrected chi connectivity index (χ3v) is 7.11. The monoisotopic (exact) mass is 420 g/mol. The minimum atomic E-state index is -3.51. The highest BCUT2D eigenvalue weighted by Gasteiger charge is 2.45. The lowest BCUT2D eigenvalue weighted by Crippen LogP contribution is -2.36. The fraction of sp³-hybridized carbons (Fsp3) is 0.826. The smallest absolute Gasteiger partial charge is 0.400 e. The van der Waals surface area contributed by atoms with E-state index >= 15 is 0 Å². The van der Waals surface area contributed by atoms with Gasteiger partial charge in [-0.05, 0) is 62.4 Å². The average molecular weight is 421 g/mol. The summed E-state index contributed by atoms with van der Waals surface area (Å²) in [6.45, 7) is 2.22. The summed E-state index contributed by atoms with van der Waals surface area (Å²) in [7, 11) is 0. The minimum absolute atomic E-state index is 0.344. The lowest BCUT2D eigenvalue weighted by atomic mass is 9.68. The van der Waals surface area contributed by atoms with Gasteiger partial charge in [-0.1, -0.05) is 32.6 Å². The summed E-state index contributed by atoms with van der Waals surface area (Å²) in [5.41, 5.74) is 0. The summed E-state index contributed by atoms with van der Waals surface area (Å²) < 4.78 is 74.6. The Balaban J connectivity index is 1.52. The van der Waals surface area contributed by atoms with E-state index in [1.54, 1.807) is 0 Å². The third kappa shape index (κ3) is 5.97. The molecule has 2 unspecified atom stereocenters. The molecule has 0 aromatic heterocycles. The SMILES string of the molecule is CCCC1CCC(C2CCC(C(F)(F)OC3=CC(F)CC(F)C(F)=C3)CC2)CC1. The topological polar surface area (TPSA) is 9.23 Å². The predicted octanol–water partition coefficient (Wildman–Crippen LogP) is 7.83. The van der Waals surface area contributed by atoms with Gasteiger partial charge in [-0.15, -0.1) is 0 Å². The van der Waals surface area contributed by atoms with Gasteiger partial charge in [-0.2, -0.15) is 8.78 Å². The number of alkyl halides is 4. The zero-order valence-electron chi connectivity index (χ0n) is 17.2. The van der Waals surface area contributed by atoms with E-state index in [-0.39, 0.29) is 0 Å². The Bertz CT molecular complexity index is 586. The van der Waals surface area contributed by atoms with Gasteiger partial charge in [0.2, 0.25) is 0 Å². The van der Waals surface area contributed by atoms with E-state index in [2.05, 4.69) is 6.92 Å². The number of hydrogen-bond donors (Lipinski definition) is 0. The number of halogens is 5. The van der Waals surface area contributed by atoms with E-state index in [1.807, 2.05) is 0 Å². The lowest BCUT2D eigenvalue weighted by Gasteiger charge is -2.39. The number of ether oxygens (including phenoxy) is 1. The van der Waals surface area contributed by atoms with Crippen LogP contribution in [0.2, 0.25) is 0 Å². The number of rotatable bonds is 6. The Hall–Kier alpha value is -1.07. The summed E-state index contributed by atoms with van der Waals surface area (Å²) >= 11 is 0. The molecular formula is C23H33F5O. The first-order valence-corrected chi connectivity index (χ1v) is 11.2. The molecule has 0 aliphatic heterocycles. The highest BCUT2D eigenvalue weighted by molar-refractivity contribution is 5.22. The summed E-state index contributed by atoms with van der Waals surface area (Å²) in [6.07, 6.45) is 2.69. The molecule has 0 aromatic rings. The van der Waals surface area contributed by atoms with E-state index < -0.39 is 42.4 Å². The highest BCUT2D eigenvalue weighted by atomic mass is 19.3. The van der Waals surface area contributed by atoms with Crippen LogP contribution < -0.4 is 0 Å². The van der Waals surface area contributed by atoms with Crippen LogP contribution in [0.4, 0.5) is 22.0 Å². The molecule has 0 aromatic carbocycles. The standard InChI is InChI=1S/C23H33F5O/c1-2-3-15-4-6-16(7-5-15)17-8-10-18(11-9-17)23(27,28)29-20-12-19(24)13-21(25)22(26)14-20/h12,14-19,21H,2-11,13H2,1H3. The van der Waals surface area contributed by atoms with Crippen molar-refractivity contribution in [1.29, 1.82) is 0 Å². The first kappa shape index (κ1) is 22.6. The molecule has 3 aliphatic carbocycles. The first-order chi connectivity index (χ1) is 13.8. The highest BCUT2D eigenvalue weighted by Crippen LogP contribution is 2.46. The Morgan fingerprint density at radius 2 is 1.55 bits per heavy atom. The molecule has 3 aliphatic rings. The molecule has 29 heavy (non-hydrogen) atoms. The Morgan fingerprint density at radius 3 is 2.14 bits per heavy atom. The van der Waals surface area contributed by atoms with Crippen molar-refractivity contribution in [2.24, 2.45) is 23.7 Å². The van der Waals surface area contributed by atoms with E-state index in [0.29, 0.717) is 30.8 Å². The molecule has 0 saturated heterocycles. The molecule has 166 valence electrons. The van der Waals surface area contributed by atoms with Gasteiger partial charge in [0, 0.05) is 12.5 Å². The van der Waals surface area contributed by atoms with Crippen LogP contribution in [0.3, 0.4) is 0 Å². The van der Waals surface area contributed by atoms with Crippen LogP contribution >= 0.6 is 0 Å². The molecule has 0 radical (unpaired) electrons. The van der Waals surface area contributed by atoms with Gasteiger partial charge in [-0.25, -0.2) is 13.2 Å². The molecule has 1 nitrogen and oxygen atoms in total. The predicted molar refractivity (Wildman–Crippen MR) is 104 cm³/mol. The molecule has 6 heteroatoms. The van der Waals surface area contributed by atoms with Crippen LogP contribution in [0.1, 0.15) is 77.6 Å². The molecular weight excluding hydrogens is 387 g/mol. The zero-order chi connectivity index (χ0) is 21.0. The van der Waals surface area contributed by atoms with Gasteiger partial charge in [0.05, 0.1) is 5.92 Å². The maximum Gasteiger partial charge on any atom is 0.400 e. The molecule has 3 rings (SSSR count). The van der Waals surface area contributed by atoms with Crippen LogP contribution in [-0.2, 0) is 4.74 Å². The van der Waals surface area contributed by atoms with Crippen molar-refractivity contribution in [2.75, 3.05) is 0 Å². The summed E-state index contributed by atoms with van der Waals surface area (Å²) in [4.78, 5) is 0. The van der Waals surface area contributed by atoms with Crippen LogP contribution in [0.5, 0.6) is 0 Å². The van der Waals surface area contributed by atoms with E-state index in [4.69, 9.17) is 4.74 Å². The van der Waals surface area contributed by atoms with E-state index in [0.717, 1.165) is 24.8 Å². The summed E-state index contributed by atoms with van der Waals surface area (Å²) in [6, 6.07) is 0. The Labute approximate surface area is 170 Å². The summed E-state index contributed by atoms with van der Waals surface area (Å²) in [5, 5.41) is 0. The second kappa shape index (κ2) is 9.82. The van der Waals surface area contributed by atoms with Crippen LogP contribution in [0, 0.1) is 23.7 Å². The van der Waals surface area contributed by atoms with Gasteiger partial charge in [-0.3, -0.25) is 0 Å². The number of allylic oxidation sites excluding steroid dienone is 3. The molecule has 0 amide bonds. The van der Waals surface area contributed by atoms with Crippen molar-refractivity contribution < 1.29 is 26.7 Å². The fourth-order valence-corrected chi connectivity index (χ4v) is 5.42. The molecule has 0 bridgehead atoms. The third-order valence-electron chi connectivity index (χ3n) is 7.11. The van der Waals surface area contributed by atoms with Crippen molar-refractivity contribution in [2.45, 2.75) is 96.0 Å². The van der Waals surface area contributed by atoms with Crippen molar-refractivity contribution in [1.82, 2.24) is 0 Å². The van der Waals surface area contributed by atoms with Gasteiger partial charge in [0.1, 0.15) is 17.8 Å². The van der Waals surface area contributed by atoms with Crippen LogP contribution in [0.15, 0.2) is 23.7 Å². The van der Waals surface area contributed by atoms with Crippen molar-refractivity contribution in [3.63, 3.8) is 0 Å². The number of hydrogen-bond acceptors (Lipinski definition) is 1. The van der Waals surface area contributed by atoms with Crippen molar-refractivity contribution in [3.8, 4) is 0 Å². The molecule has 0 N–H and O–H groups in total. The van der Waals surface area contributed by atoms with Crippen LogP contribution in [-0.4, -0.2) is 18.5 Å². The van der Waals surface area contributed by atoms with Gasteiger partial charge in [0.25, 0.3) is 0 Å². The second-order valence-corrected chi connectivity index (χ2v) is 9.16. The van der Waals surface area contributed by atoms with Gasteiger partial charge < -0.3 is 4.74 Å². The Morgan fingerprint density at radius 1 is 0.966 bits per heavy atom. The zero-order valence-corrected chi connectivity index (χ0v) is 17.2. The average Bonchev–Trinajstić information content (AvgIpc) is 2.79. The van der Waals surface area contributed by atoms with Crippen LogP contribution in [0.25, 0.3) is 0 Å². The maximum absolute atomic E-state index is 14.7. The first-order valence-electron chi connectivity index (χ1n) is 11.2. The van der Waals surface area contributed by atoms with E-state index in [1.165, 1.54) is 38.5 Å².